The van der Waals surface area contributed by atoms with E-state index in [0.717, 1.165) is 26.5 Å². The zero-order valence-electron chi connectivity index (χ0n) is 20.4. The van der Waals surface area contributed by atoms with Gasteiger partial charge in [0.15, 0.2) is 0 Å². The van der Waals surface area contributed by atoms with Crippen LogP contribution in [-0.4, -0.2) is 20.9 Å². The molecule has 0 radical (unpaired) electrons. The van der Waals surface area contributed by atoms with Crippen LogP contribution >= 0.6 is 11.8 Å². The van der Waals surface area contributed by atoms with Gasteiger partial charge in [-0.3, -0.25) is 9.10 Å². The molecule has 1 N–H and O–H groups in total. The molecule has 4 rings (SSSR count). The Morgan fingerprint density at radius 1 is 0.806 bits per heavy atom. The summed E-state index contributed by atoms with van der Waals surface area (Å²) in [5, 5.41) is 2.93. The highest BCUT2D eigenvalue weighted by Gasteiger charge is 2.28. The molecule has 0 aliphatic heterocycles. The standard InChI is InChI=1S/C29H28N2O3S2/c1-21-16-18-25(19-17-21)36(33,34)31(27-14-9-10-22(2)23(27)3)20-29(32)30-26-13-7-8-15-28(26)35-24-11-5-4-6-12-24/h4-19H,20H2,1-3H3,(H,30,32). The molecule has 5 nitrogen and oxygen atoms in total. The first kappa shape index (κ1) is 25.5. The van der Waals surface area contributed by atoms with Gasteiger partial charge in [-0.15, -0.1) is 0 Å². The number of benzene rings is 4. The summed E-state index contributed by atoms with van der Waals surface area (Å²) < 4.78 is 28.7. The Hall–Kier alpha value is -3.55. The zero-order chi connectivity index (χ0) is 25.7. The van der Waals surface area contributed by atoms with Gasteiger partial charge >= 0.3 is 0 Å². The van der Waals surface area contributed by atoms with Crippen molar-refractivity contribution < 1.29 is 13.2 Å². The first-order chi connectivity index (χ1) is 17.3. The van der Waals surface area contributed by atoms with Crippen molar-refractivity contribution in [2.45, 2.75) is 35.5 Å². The number of hydrogen-bond acceptors (Lipinski definition) is 4. The van der Waals surface area contributed by atoms with E-state index in [1.165, 1.54) is 16.1 Å². The normalized spacial score (nSPS) is 11.2. The van der Waals surface area contributed by atoms with Gasteiger partial charge in [0, 0.05) is 9.79 Å². The number of para-hydroxylation sites is 1. The lowest BCUT2D eigenvalue weighted by Crippen LogP contribution is -2.38. The average molecular weight is 517 g/mol. The number of anilines is 2. The van der Waals surface area contributed by atoms with Crippen molar-refractivity contribution in [1.82, 2.24) is 0 Å². The summed E-state index contributed by atoms with van der Waals surface area (Å²) in [4.78, 5) is 15.4. The number of nitrogens with one attached hydrogen (secondary N) is 1. The summed E-state index contributed by atoms with van der Waals surface area (Å²) in [6.45, 7) is 5.33. The molecule has 0 fully saturated rings. The lowest BCUT2D eigenvalue weighted by atomic mass is 10.1. The number of carbonyl (C=O) groups excluding carboxylic acids is 1. The molecule has 36 heavy (non-hydrogen) atoms. The molecular weight excluding hydrogens is 488 g/mol. The lowest BCUT2D eigenvalue weighted by molar-refractivity contribution is -0.114. The average Bonchev–Trinajstić information content (AvgIpc) is 2.86. The number of carbonyl (C=O) groups is 1. The molecule has 4 aromatic carbocycles. The minimum Gasteiger partial charge on any atom is -0.323 e. The molecule has 0 bridgehead atoms. The number of sulfonamides is 1. The minimum atomic E-state index is -3.99. The van der Waals surface area contributed by atoms with E-state index in [1.54, 1.807) is 36.4 Å². The molecule has 0 unspecified atom stereocenters. The van der Waals surface area contributed by atoms with Crippen LogP contribution in [0.25, 0.3) is 0 Å². The molecule has 0 saturated carbocycles. The van der Waals surface area contributed by atoms with Crippen molar-refractivity contribution in [3.63, 3.8) is 0 Å². The van der Waals surface area contributed by atoms with Gasteiger partial charge in [0.25, 0.3) is 10.0 Å². The molecule has 0 heterocycles. The van der Waals surface area contributed by atoms with Crippen molar-refractivity contribution in [2.24, 2.45) is 0 Å². The summed E-state index contributed by atoms with van der Waals surface area (Å²) in [7, 11) is -3.99. The van der Waals surface area contributed by atoms with E-state index in [1.807, 2.05) is 81.4 Å². The summed E-state index contributed by atoms with van der Waals surface area (Å²) in [6.07, 6.45) is 0. The first-order valence-corrected chi connectivity index (χ1v) is 13.8. The highest BCUT2D eigenvalue weighted by molar-refractivity contribution is 7.99. The smallest absolute Gasteiger partial charge is 0.264 e. The third-order valence-electron chi connectivity index (χ3n) is 5.87. The van der Waals surface area contributed by atoms with Gasteiger partial charge < -0.3 is 5.32 Å². The molecule has 0 aliphatic rings. The summed E-state index contributed by atoms with van der Waals surface area (Å²) >= 11 is 1.53. The molecule has 0 spiro atoms. The Morgan fingerprint density at radius 2 is 1.47 bits per heavy atom. The Labute approximate surface area is 217 Å². The summed E-state index contributed by atoms with van der Waals surface area (Å²) in [6, 6.07) is 29.5. The van der Waals surface area contributed by atoms with Gasteiger partial charge in [0.1, 0.15) is 6.54 Å². The van der Waals surface area contributed by atoms with Crippen molar-refractivity contribution in [2.75, 3.05) is 16.2 Å². The number of hydrogen-bond donors (Lipinski definition) is 1. The maximum atomic E-state index is 13.7. The SMILES string of the molecule is Cc1ccc(S(=O)(=O)N(CC(=O)Nc2ccccc2Sc2ccccc2)c2cccc(C)c2C)cc1. The Morgan fingerprint density at radius 3 is 2.19 bits per heavy atom. The highest BCUT2D eigenvalue weighted by atomic mass is 32.2. The fourth-order valence-electron chi connectivity index (χ4n) is 3.74. The molecule has 0 atom stereocenters. The van der Waals surface area contributed by atoms with Gasteiger partial charge in [-0.2, -0.15) is 0 Å². The van der Waals surface area contributed by atoms with Crippen LogP contribution in [-0.2, 0) is 14.8 Å². The lowest BCUT2D eigenvalue weighted by Gasteiger charge is -2.26. The monoisotopic (exact) mass is 516 g/mol. The van der Waals surface area contributed by atoms with Crippen LogP contribution in [0, 0.1) is 20.8 Å². The minimum absolute atomic E-state index is 0.141. The largest absolute Gasteiger partial charge is 0.323 e. The first-order valence-electron chi connectivity index (χ1n) is 11.5. The molecule has 0 aliphatic carbocycles. The predicted octanol–water partition coefficient (Wildman–Crippen LogP) is 6.60. The molecular formula is C29H28N2O3S2. The van der Waals surface area contributed by atoms with E-state index in [4.69, 9.17) is 0 Å². The van der Waals surface area contributed by atoms with Gasteiger partial charge in [-0.1, -0.05) is 71.9 Å². The second-order valence-corrected chi connectivity index (χ2v) is 11.5. The topological polar surface area (TPSA) is 66.5 Å². The van der Waals surface area contributed by atoms with Crippen molar-refractivity contribution in [3.05, 3.63) is 114 Å². The number of nitrogens with zero attached hydrogens (tertiary/aromatic N) is 1. The van der Waals surface area contributed by atoms with Crippen LogP contribution in [0.2, 0.25) is 0 Å². The van der Waals surface area contributed by atoms with Gasteiger partial charge in [0.05, 0.1) is 16.3 Å². The maximum absolute atomic E-state index is 13.7. The van der Waals surface area contributed by atoms with Crippen molar-refractivity contribution in [1.29, 1.82) is 0 Å². The van der Waals surface area contributed by atoms with Crippen LogP contribution in [0.5, 0.6) is 0 Å². The van der Waals surface area contributed by atoms with E-state index in [2.05, 4.69) is 5.32 Å². The predicted molar refractivity (Wildman–Crippen MR) is 147 cm³/mol. The van der Waals surface area contributed by atoms with Gasteiger partial charge in [0.2, 0.25) is 5.91 Å². The maximum Gasteiger partial charge on any atom is 0.264 e. The van der Waals surface area contributed by atoms with E-state index in [-0.39, 0.29) is 11.4 Å². The Balaban J connectivity index is 1.66. The molecule has 7 heteroatoms. The van der Waals surface area contributed by atoms with Crippen molar-refractivity contribution >= 4 is 39.1 Å². The van der Waals surface area contributed by atoms with Crippen LogP contribution < -0.4 is 9.62 Å². The second-order valence-electron chi connectivity index (χ2n) is 8.50. The van der Waals surface area contributed by atoms with Crippen molar-refractivity contribution in [3.8, 4) is 0 Å². The van der Waals surface area contributed by atoms with Crippen LogP contribution in [0.1, 0.15) is 16.7 Å². The Kier molecular flexibility index (Phi) is 7.82. The third kappa shape index (κ3) is 5.80. The number of aryl methyl sites for hydroxylation is 2. The number of amides is 1. The number of rotatable bonds is 8. The van der Waals surface area contributed by atoms with Crippen LogP contribution in [0.15, 0.2) is 112 Å². The van der Waals surface area contributed by atoms with E-state index in [0.29, 0.717) is 11.4 Å². The molecule has 184 valence electrons. The highest BCUT2D eigenvalue weighted by Crippen LogP contribution is 2.34. The fraction of sp³-hybridized carbons (Fsp3) is 0.138. The fourth-order valence-corrected chi connectivity index (χ4v) is 6.14. The third-order valence-corrected chi connectivity index (χ3v) is 8.73. The van der Waals surface area contributed by atoms with E-state index in [9.17, 15) is 13.2 Å². The van der Waals surface area contributed by atoms with E-state index >= 15 is 0 Å². The Bertz CT molecular complexity index is 1470. The zero-order valence-corrected chi connectivity index (χ0v) is 22.1. The van der Waals surface area contributed by atoms with E-state index < -0.39 is 15.9 Å². The summed E-state index contributed by atoms with van der Waals surface area (Å²) in [5.41, 5.74) is 3.82. The summed E-state index contributed by atoms with van der Waals surface area (Å²) in [5.74, 6) is -0.423. The van der Waals surface area contributed by atoms with Crippen LogP contribution in [0.4, 0.5) is 11.4 Å². The second kappa shape index (κ2) is 11.0. The molecule has 1 amide bonds. The molecule has 0 saturated heterocycles. The van der Waals surface area contributed by atoms with Gasteiger partial charge in [-0.25, -0.2) is 8.42 Å². The molecule has 0 aromatic heterocycles. The quantitative estimate of drug-likeness (QED) is 0.287. The molecule has 4 aromatic rings. The van der Waals surface area contributed by atoms with Gasteiger partial charge in [-0.05, 0) is 74.4 Å². The van der Waals surface area contributed by atoms with Crippen LogP contribution in [0.3, 0.4) is 0 Å².